The summed E-state index contributed by atoms with van der Waals surface area (Å²) in [5, 5.41) is 3.88. The molecule has 0 atom stereocenters. The van der Waals surface area contributed by atoms with E-state index in [1.807, 2.05) is 30.3 Å². The number of hydrogen-bond acceptors (Lipinski definition) is 3. The molecular weight excluding hydrogens is 489 g/mol. The molecule has 0 spiro atoms. The average molecular weight is 507 g/mol. The molecule has 0 aliphatic carbocycles. The summed E-state index contributed by atoms with van der Waals surface area (Å²) >= 11 is 15.7. The second-order valence-corrected chi connectivity index (χ2v) is 7.96. The van der Waals surface area contributed by atoms with Gasteiger partial charge in [0.2, 0.25) is 5.91 Å². The number of methoxy groups -OCH3 is 1. The van der Waals surface area contributed by atoms with Crippen molar-refractivity contribution in [2.45, 2.75) is 6.61 Å². The van der Waals surface area contributed by atoms with Gasteiger partial charge in [0.25, 0.3) is 0 Å². The van der Waals surface area contributed by atoms with Crippen LogP contribution in [-0.4, -0.2) is 13.0 Å². The van der Waals surface area contributed by atoms with E-state index < -0.39 is 0 Å². The fourth-order valence-electron chi connectivity index (χ4n) is 2.62. The number of nitrogens with one attached hydrogen (secondary N) is 1. The molecule has 0 unspecified atom stereocenters. The lowest BCUT2D eigenvalue weighted by molar-refractivity contribution is -0.111. The van der Waals surface area contributed by atoms with Gasteiger partial charge < -0.3 is 14.8 Å². The highest BCUT2D eigenvalue weighted by Crippen LogP contribution is 2.31. The molecular formula is C23H18BrCl2NO3. The Labute approximate surface area is 193 Å². The summed E-state index contributed by atoms with van der Waals surface area (Å²) in [4.78, 5) is 12.1. The maximum absolute atomic E-state index is 12.1. The van der Waals surface area contributed by atoms with Gasteiger partial charge in [-0.05, 0) is 60.2 Å². The van der Waals surface area contributed by atoms with Crippen molar-refractivity contribution >= 4 is 56.8 Å². The lowest BCUT2D eigenvalue weighted by atomic mass is 10.2. The van der Waals surface area contributed by atoms with Gasteiger partial charge in [-0.1, -0.05) is 51.3 Å². The highest BCUT2D eigenvalue weighted by atomic mass is 79.9. The molecule has 0 saturated heterocycles. The fourth-order valence-corrected chi connectivity index (χ4v) is 3.39. The van der Waals surface area contributed by atoms with Crippen LogP contribution in [0.2, 0.25) is 10.0 Å². The van der Waals surface area contributed by atoms with E-state index in [0.29, 0.717) is 32.8 Å². The fraction of sp³-hybridized carbons (Fsp3) is 0.0870. The highest BCUT2D eigenvalue weighted by Gasteiger charge is 2.10. The second-order valence-electron chi connectivity index (χ2n) is 6.23. The van der Waals surface area contributed by atoms with Crippen molar-refractivity contribution < 1.29 is 14.3 Å². The Kier molecular flexibility index (Phi) is 7.80. The number of amides is 1. The molecule has 3 aromatic rings. The zero-order chi connectivity index (χ0) is 21.5. The zero-order valence-corrected chi connectivity index (χ0v) is 19.1. The van der Waals surface area contributed by atoms with Gasteiger partial charge in [-0.25, -0.2) is 0 Å². The number of benzene rings is 3. The predicted octanol–water partition coefficient (Wildman–Crippen LogP) is 7.00. The van der Waals surface area contributed by atoms with Crippen LogP contribution in [0, 0.1) is 0 Å². The minimum absolute atomic E-state index is 0.208. The molecule has 0 aliphatic heterocycles. The van der Waals surface area contributed by atoms with E-state index in [2.05, 4.69) is 21.2 Å². The first-order valence-corrected chi connectivity index (χ1v) is 10.5. The van der Waals surface area contributed by atoms with Gasteiger partial charge in [-0.3, -0.25) is 4.79 Å². The molecule has 0 aliphatic rings. The number of halogens is 3. The maximum atomic E-state index is 12.1. The summed E-state index contributed by atoms with van der Waals surface area (Å²) in [7, 11) is 1.55. The Bertz CT molecular complexity index is 1050. The maximum Gasteiger partial charge on any atom is 0.248 e. The standard InChI is InChI=1S/C23H18BrCl2NO3/c1-29-22-13-15(6-12-23(28)27-17-9-7-16(24)8-10-17)5-11-21(22)30-14-18-19(25)3-2-4-20(18)26/h2-13H,14H2,1H3,(H,27,28). The summed E-state index contributed by atoms with van der Waals surface area (Å²) in [6, 6.07) is 18.0. The average Bonchev–Trinajstić information content (AvgIpc) is 2.74. The van der Waals surface area contributed by atoms with Gasteiger partial charge in [-0.15, -0.1) is 0 Å². The van der Waals surface area contributed by atoms with E-state index in [4.69, 9.17) is 32.7 Å². The molecule has 154 valence electrons. The molecule has 4 nitrogen and oxygen atoms in total. The molecule has 0 heterocycles. The van der Waals surface area contributed by atoms with Crippen LogP contribution in [0.4, 0.5) is 5.69 Å². The Hall–Kier alpha value is -2.47. The molecule has 7 heteroatoms. The van der Waals surface area contributed by atoms with Crippen molar-refractivity contribution in [3.05, 3.63) is 92.4 Å². The third kappa shape index (κ3) is 6.02. The van der Waals surface area contributed by atoms with Crippen molar-refractivity contribution in [3.63, 3.8) is 0 Å². The normalized spacial score (nSPS) is 10.8. The molecule has 1 amide bonds. The third-order valence-electron chi connectivity index (χ3n) is 4.16. The van der Waals surface area contributed by atoms with Crippen LogP contribution in [0.3, 0.4) is 0 Å². The third-order valence-corrected chi connectivity index (χ3v) is 5.40. The first kappa shape index (κ1) is 22.2. The minimum Gasteiger partial charge on any atom is -0.493 e. The van der Waals surface area contributed by atoms with Gasteiger partial charge in [0.15, 0.2) is 11.5 Å². The van der Waals surface area contributed by atoms with Crippen LogP contribution in [0.15, 0.2) is 71.2 Å². The van der Waals surface area contributed by atoms with Gasteiger partial charge in [0, 0.05) is 31.8 Å². The van der Waals surface area contributed by atoms with E-state index >= 15 is 0 Å². The highest BCUT2D eigenvalue weighted by molar-refractivity contribution is 9.10. The smallest absolute Gasteiger partial charge is 0.248 e. The molecule has 1 N–H and O–H groups in total. The largest absolute Gasteiger partial charge is 0.493 e. The Morgan fingerprint density at radius 1 is 1.03 bits per heavy atom. The van der Waals surface area contributed by atoms with Crippen molar-refractivity contribution in [3.8, 4) is 11.5 Å². The van der Waals surface area contributed by atoms with Crippen molar-refractivity contribution in [2.75, 3.05) is 12.4 Å². The SMILES string of the molecule is COc1cc(C=CC(=O)Nc2ccc(Br)cc2)ccc1OCc1c(Cl)cccc1Cl. The molecule has 3 rings (SSSR count). The van der Waals surface area contributed by atoms with Crippen molar-refractivity contribution in [1.29, 1.82) is 0 Å². The lowest BCUT2D eigenvalue weighted by Gasteiger charge is -2.13. The van der Waals surface area contributed by atoms with Crippen LogP contribution >= 0.6 is 39.1 Å². The van der Waals surface area contributed by atoms with Crippen molar-refractivity contribution in [2.24, 2.45) is 0 Å². The first-order chi connectivity index (χ1) is 14.5. The van der Waals surface area contributed by atoms with Gasteiger partial charge >= 0.3 is 0 Å². The molecule has 3 aromatic carbocycles. The Morgan fingerprint density at radius 3 is 2.40 bits per heavy atom. The molecule has 0 radical (unpaired) electrons. The Balaban J connectivity index is 1.66. The van der Waals surface area contributed by atoms with Crippen LogP contribution in [0.25, 0.3) is 6.08 Å². The van der Waals surface area contributed by atoms with E-state index in [9.17, 15) is 4.79 Å². The van der Waals surface area contributed by atoms with Crippen LogP contribution < -0.4 is 14.8 Å². The van der Waals surface area contributed by atoms with E-state index in [1.165, 1.54) is 6.08 Å². The minimum atomic E-state index is -0.232. The number of ether oxygens (including phenoxy) is 2. The monoisotopic (exact) mass is 505 g/mol. The quantitative estimate of drug-likeness (QED) is 0.351. The Morgan fingerprint density at radius 2 is 1.73 bits per heavy atom. The zero-order valence-electron chi connectivity index (χ0n) is 16.0. The summed E-state index contributed by atoms with van der Waals surface area (Å²) in [5.74, 6) is 0.851. The van der Waals surface area contributed by atoms with E-state index in [1.54, 1.807) is 43.5 Å². The molecule has 0 fully saturated rings. The number of rotatable bonds is 7. The summed E-state index contributed by atoms with van der Waals surface area (Å²) in [6.45, 7) is 0.208. The number of carbonyl (C=O) groups excluding carboxylic acids is 1. The topological polar surface area (TPSA) is 47.6 Å². The summed E-state index contributed by atoms with van der Waals surface area (Å²) in [5.41, 5.74) is 2.21. The number of anilines is 1. The lowest BCUT2D eigenvalue weighted by Crippen LogP contribution is -2.07. The van der Waals surface area contributed by atoms with E-state index in [0.717, 1.165) is 10.0 Å². The molecule has 30 heavy (non-hydrogen) atoms. The predicted molar refractivity (Wildman–Crippen MR) is 126 cm³/mol. The first-order valence-electron chi connectivity index (χ1n) is 8.94. The molecule has 0 saturated carbocycles. The summed E-state index contributed by atoms with van der Waals surface area (Å²) in [6.07, 6.45) is 3.16. The second kappa shape index (κ2) is 10.5. The van der Waals surface area contributed by atoms with Gasteiger partial charge in [0.1, 0.15) is 6.61 Å². The van der Waals surface area contributed by atoms with E-state index in [-0.39, 0.29) is 12.5 Å². The number of carbonyl (C=O) groups is 1. The van der Waals surface area contributed by atoms with Gasteiger partial charge in [0.05, 0.1) is 7.11 Å². The van der Waals surface area contributed by atoms with Crippen molar-refractivity contribution in [1.82, 2.24) is 0 Å². The number of hydrogen-bond donors (Lipinski definition) is 1. The van der Waals surface area contributed by atoms with Gasteiger partial charge in [-0.2, -0.15) is 0 Å². The molecule has 0 bridgehead atoms. The summed E-state index contributed by atoms with van der Waals surface area (Å²) < 4.78 is 12.2. The van der Waals surface area contributed by atoms with Crippen LogP contribution in [-0.2, 0) is 11.4 Å². The molecule has 0 aromatic heterocycles. The van der Waals surface area contributed by atoms with Crippen LogP contribution in [0.1, 0.15) is 11.1 Å². The van der Waals surface area contributed by atoms with Crippen LogP contribution in [0.5, 0.6) is 11.5 Å².